The van der Waals surface area contributed by atoms with Gasteiger partial charge in [0.1, 0.15) is 24.9 Å². The van der Waals surface area contributed by atoms with Crippen LogP contribution in [0.5, 0.6) is 11.5 Å². The zero-order valence-corrected chi connectivity index (χ0v) is 20.6. The molecule has 0 bridgehead atoms. The number of aliphatic hydroxyl groups is 1. The van der Waals surface area contributed by atoms with E-state index in [1.54, 1.807) is 18.2 Å². The van der Waals surface area contributed by atoms with Gasteiger partial charge in [0.25, 0.3) is 5.91 Å². The molecular formula is C25H24Cl2F2N2O5. The van der Waals surface area contributed by atoms with Gasteiger partial charge in [0.2, 0.25) is 0 Å². The number of aliphatic hydroxyl groups excluding tert-OH is 1. The summed E-state index contributed by atoms with van der Waals surface area (Å²) in [4.78, 5) is 14.9. The lowest BCUT2D eigenvalue weighted by molar-refractivity contribution is -0.151. The zero-order valence-electron chi connectivity index (χ0n) is 19.1. The molecule has 1 saturated heterocycles. The van der Waals surface area contributed by atoms with Crippen molar-refractivity contribution in [3.63, 3.8) is 0 Å². The van der Waals surface area contributed by atoms with E-state index in [-0.39, 0.29) is 27.6 Å². The topological polar surface area (TPSA) is 84.2 Å². The highest BCUT2D eigenvalue weighted by Gasteiger charge is 2.46. The second-order valence-corrected chi connectivity index (χ2v) is 9.68. The fourth-order valence-electron chi connectivity index (χ4n) is 4.52. The molecule has 5 rings (SSSR count). The summed E-state index contributed by atoms with van der Waals surface area (Å²) in [5.74, 6) is -5.50. The number of carbonyl (C=O) groups excluding carboxylic acids is 1. The third-order valence-corrected chi connectivity index (χ3v) is 7.26. The van der Waals surface area contributed by atoms with Gasteiger partial charge in [-0.05, 0) is 61.8 Å². The molecule has 1 aromatic heterocycles. The second kappa shape index (κ2) is 10.0. The Hall–Kier alpha value is -2.59. The van der Waals surface area contributed by atoms with Crippen molar-refractivity contribution < 1.29 is 32.6 Å². The van der Waals surface area contributed by atoms with Gasteiger partial charge in [-0.3, -0.25) is 4.79 Å². The minimum Gasteiger partial charge on any atom is -0.486 e. The summed E-state index contributed by atoms with van der Waals surface area (Å²) in [6.07, 6.45) is 0.642. The number of ether oxygens (including phenoxy) is 2. The van der Waals surface area contributed by atoms with Crippen LogP contribution >= 0.6 is 23.2 Å². The zero-order chi connectivity index (χ0) is 25.4. The third-order valence-electron chi connectivity index (χ3n) is 6.44. The van der Waals surface area contributed by atoms with Gasteiger partial charge in [0.05, 0.1) is 16.1 Å². The summed E-state index contributed by atoms with van der Waals surface area (Å²) in [6.45, 7) is 2.47. The molecule has 2 aliphatic rings. The molecule has 7 nitrogen and oxygen atoms in total. The van der Waals surface area contributed by atoms with Gasteiger partial charge < -0.3 is 29.2 Å². The summed E-state index contributed by atoms with van der Waals surface area (Å²) in [5, 5.41) is 13.9. The predicted molar refractivity (Wildman–Crippen MR) is 130 cm³/mol. The van der Waals surface area contributed by atoms with Crippen molar-refractivity contribution in [2.75, 3.05) is 32.8 Å². The van der Waals surface area contributed by atoms with E-state index >= 15 is 8.78 Å². The van der Waals surface area contributed by atoms with Gasteiger partial charge in [0, 0.05) is 11.9 Å². The minimum absolute atomic E-state index is 0.0568. The summed E-state index contributed by atoms with van der Waals surface area (Å²) in [7, 11) is 0. The molecule has 11 heteroatoms. The van der Waals surface area contributed by atoms with Gasteiger partial charge >= 0.3 is 5.92 Å². The summed E-state index contributed by atoms with van der Waals surface area (Å²) < 4.78 is 46.9. The van der Waals surface area contributed by atoms with Crippen LogP contribution in [0.15, 0.2) is 40.8 Å². The maximum absolute atomic E-state index is 15.3. The molecule has 0 saturated carbocycles. The molecule has 0 aliphatic carbocycles. The molecule has 1 amide bonds. The number of alkyl halides is 2. The molecule has 1 fully saturated rings. The van der Waals surface area contributed by atoms with Crippen LogP contribution in [0.25, 0.3) is 11.0 Å². The number of hydrogen-bond donors (Lipinski definition) is 2. The maximum Gasteiger partial charge on any atom is 0.380 e. The monoisotopic (exact) mass is 540 g/mol. The van der Waals surface area contributed by atoms with Crippen molar-refractivity contribution in [2.24, 2.45) is 0 Å². The summed E-state index contributed by atoms with van der Waals surface area (Å²) in [5.41, 5.74) is 0.494. The number of hydrogen-bond acceptors (Lipinski definition) is 6. The average Bonchev–Trinajstić information content (AvgIpc) is 3.56. The van der Waals surface area contributed by atoms with E-state index in [4.69, 9.17) is 37.1 Å². The van der Waals surface area contributed by atoms with Crippen LogP contribution in [-0.2, 0) is 10.7 Å². The van der Waals surface area contributed by atoms with Crippen LogP contribution in [0.2, 0.25) is 10.0 Å². The number of nitrogens with zero attached hydrogens (tertiary/aromatic N) is 1. The molecule has 2 aliphatic heterocycles. The van der Waals surface area contributed by atoms with Crippen LogP contribution in [0.4, 0.5) is 8.78 Å². The van der Waals surface area contributed by atoms with E-state index < -0.39 is 29.7 Å². The molecule has 2 N–H and O–H groups in total. The fraction of sp³-hybridized carbons (Fsp3) is 0.400. The number of furan rings is 1. The number of halogens is 4. The Labute approximate surface area is 215 Å². The normalized spacial score (nSPS) is 17.8. The molecule has 192 valence electrons. The lowest BCUT2D eigenvalue weighted by Gasteiger charge is -2.30. The van der Waals surface area contributed by atoms with Gasteiger partial charge in [-0.25, -0.2) is 0 Å². The van der Waals surface area contributed by atoms with Crippen molar-refractivity contribution in [3.8, 4) is 11.5 Å². The van der Waals surface area contributed by atoms with E-state index in [1.807, 2.05) is 4.90 Å². The standard InChI is InChI=1S/C25H24Cl2F2N2O5/c26-16-4-6-18-15(22(16)27)12-21(36-18)25(28,29)24(33)30-17(13-31-7-1-2-8-31)23(32)14-3-5-19-20(11-14)35-10-9-34-19/h3-6,11-12,17,23,32H,1-2,7-10,13H2,(H,30,33)/t17?,23-/m1/s1. The smallest absolute Gasteiger partial charge is 0.380 e. The summed E-state index contributed by atoms with van der Waals surface area (Å²) >= 11 is 12.1. The Kier molecular flexibility index (Phi) is 7.00. The second-order valence-electron chi connectivity index (χ2n) is 8.89. The molecule has 36 heavy (non-hydrogen) atoms. The molecule has 1 unspecified atom stereocenters. The first-order chi connectivity index (χ1) is 17.2. The quantitative estimate of drug-likeness (QED) is 0.442. The predicted octanol–water partition coefficient (Wildman–Crippen LogP) is 4.92. The van der Waals surface area contributed by atoms with Crippen molar-refractivity contribution >= 4 is 40.1 Å². The fourth-order valence-corrected chi connectivity index (χ4v) is 4.90. The molecular weight excluding hydrogens is 517 g/mol. The lowest BCUT2D eigenvalue weighted by atomic mass is 10.0. The van der Waals surface area contributed by atoms with E-state index in [0.717, 1.165) is 32.0 Å². The highest BCUT2D eigenvalue weighted by molar-refractivity contribution is 6.45. The van der Waals surface area contributed by atoms with Crippen LogP contribution in [-0.4, -0.2) is 54.8 Å². The van der Waals surface area contributed by atoms with E-state index in [2.05, 4.69) is 5.32 Å². The average molecular weight is 541 g/mol. The Morgan fingerprint density at radius 2 is 1.81 bits per heavy atom. The van der Waals surface area contributed by atoms with Crippen LogP contribution < -0.4 is 14.8 Å². The van der Waals surface area contributed by atoms with Crippen LogP contribution in [0.3, 0.4) is 0 Å². The highest BCUT2D eigenvalue weighted by Crippen LogP contribution is 2.39. The number of carbonyl (C=O) groups is 1. The van der Waals surface area contributed by atoms with E-state index in [1.165, 1.54) is 12.1 Å². The first-order valence-corrected chi connectivity index (χ1v) is 12.4. The Morgan fingerprint density at radius 1 is 1.08 bits per heavy atom. The van der Waals surface area contributed by atoms with E-state index in [9.17, 15) is 9.90 Å². The van der Waals surface area contributed by atoms with Crippen molar-refractivity contribution in [1.29, 1.82) is 0 Å². The Morgan fingerprint density at radius 3 is 2.56 bits per heavy atom. The van der Waals surface area contributed by atoms with Crippen LogP contribution in [0, 0.1) is 0 Å². The third kappa shape index (κ3) is 4.85. The largest absolute Gasteiger partial charge is 0.486 e. The molecule has 2 atom stereocenters. The first-order valence-electron chi connectivity index (χ1n) is 11.6. The first kappa shape index (κ1) is 25.1. The van der Waals surface area contributed by atoms with Gasteiger partial charge in [0.15, 0.2) is 17.3 Å². The number of nitrogens with one attached hydrogen (secondary N) is 1. The van der Waals surface area contributed by atoms with E-state index in [0.29, 0.717) is 30.3 Å². The minimum atomic E-state index is -4.02. The Balaban J connectivity index is 1.40. The van der Waals surface area contributed by atoms with Crippen molar-refractivity contribution in [2.45, 2.75) is 30.9 Å². The van der Waals surface area contributed by atoms with Gasteiger partial charge in [-0.2, -0.15) is 8.78 Å². The molecule has 0 radical (unpaired) electrons. The molecule has 3 heterocycles. The SMILES string of the molecule is O=C(NC(CN1CCCC1)[C@H](O)c1ccc2c(c1)OCCO2)C(F)(F)c1cc2c(Cl)c(Cl)ccc2o1. The number of fused-ring (bicyclic) bond motifs is 2. The number of likely N-dealkylation sites (tertiary alicyclic amines) is 1. The Bertz CT molecular complexity index is 1280. The number of benzene rings is 2. The van der Waals surface area contributed by atoms with Gasteiger partial charge in [-0.1, -0.05) is 29.3 Å². The van der Waals surface area contributed by atoms with Crippen molar-refractivity contribution in [1.82, 2.24) is 10.2 Å². The summed E-state index contributed by atoms with van der Waals surface area (Å²) in [6, 6.07) is 7.70. The highest BCUT2D eigenvalue weighted by atomic mass is 35.5. The maximum atomic E-state index is 15.3. The molecule has 2 aromatic carbocycles. The van der Waals surface area contributed by atoms with Gasteiger partial charge in [-0.15, -0.1) is 0 Å². The molecule has 0 spiro atoms. The van der Waals surface area contributed by atoms with Crippen molar-refractivity contribution in [3.05, 3.63) is 57.8 Å². The lowest BCUT2D eigenvalue weighted by Crippen LogP contribution is -2.50. The molecule has 3 aromatic rings. The number of amides is 1. The van der Waals surface area contributed by atoms with Crippen LogP contribution in [0.1, 0.15) is 30.3 Å². The number of rotatable bonds is 7.